The van der Waals surface area contributed by atoms with Crippen molar-refractivity contribution in [2.45, 2.75) is 37.2 Å². The summed E-state index contributed by atoms with van der Waals surface area (Å²) in [6.45, 7) is 2.36. The van der Waals surface area contributed by atoms with Gasteiger partial charge in [-0.1, -0.05) is 30.2 Å². The summed E-state index contributed by atoms with van der Waals surface area (Å²) in [5.74, 6) is -1.29. The first-order chi connectivity index (χ1) is 15.2. The highest BCUT2D eigenvalue weighted by molar-refractivity contribution is 7.89. The lowest BCUT2D eigenvalue weighted by Gasteiger charge is -2.26. The van der Waals surface area contributed by atoms with Gasteiger partial charge in [0, 0.05) is 25.8 Å². The number of benzene rings is 2. The Kier molecular flexibility index (Phi) is 7.76. The zero-order valence-corrected chi connectivity index (χ0v) is 19.5. The Balaban J connectivity index is 1.73. The molecule has 1 fully saturated rings. The predicted molar refractivity (Wildman–Crippen MR) is 124 cm³/mol. The van der Waals surface area contributed by atoms with Gasteiger partial charge in [0.1, 0.15) is 0 Å². The number of hydrogen-bond acceptors (Lipinski definition) is 6. The van der Waals surface area contributed by atoms with Crippen LogP contribution in [0.1, 0.15) is 36.5 Å². The topological polar surface area (TPSA) is 105 Å². The Labute approximate surface area is 192 Å². The van der Waals surface area contributed by atoms with Crippen molar-refractivity contribution < 1.29 is 22.7 Å². The van der Waals surface area contributed by atoms with Crippen molar-refractivity contribution in [2.24, 2.45) is 0 Å². The molecule has 2 aromatic carbocycles. The predicted octanol–water partition coefficient (Wildman–Crippen LogP) is 3.74. The van der Waals surface area contributed by atoms with Crippen molar-refractivity contribution >= 4 is 44.9 Å². The van der Waals surface area contributed by atoms with E-state index in [1.54, 1.807) is 31.3 Å². The minimum absolute atomic E-state index is 0.0479. The Morgan fingerprint density at radius 2 is 1.75 bits per heavy atom. The lowest BCUT2D eigenvalue weighted by Crippen LogP contribution is -2.35. The summed E-state index contributed by atoms with van der Waals surface area (Å²) in [5.41, 5.74) is 0.999. The second kappa shape index (κ2) is 10.3. The van der Waals surface area contributed by atoms with Crippen molar-refractivity contribution in [3.8, 4) is 0 Å². The number of piperidine rings is 1. The highest BCUT2D eigenvalue weighted by Gasteiger charge is 2.27. The average Bonchev–Trinajstić information content (AvgIpc) is 2.80. The number of nitrogens with zero attached hydrogens (tertiary/aromatic N) is 1. The van der Waals surface area contributed by atoms with Crippen molar-refractivity contribution in [2.75, 3.05) is 30.8 Å². The molecule has 2 aromatic rings. The first-order valence-corrected chi connectivity index (χ1v) is 12.1. The van der Waals surface area contributed by atoms with Gasteiger partial charge in [0.25, 0.3) is 5.91 Å². The molecule has 1 amide bonds. The molecule has 0 aliphatic carbocycles. The molecule has 0 spiro atoms. The fourth-order valence-electron chi connectivity index (χ4n) is 3.41. The van der Waals surface area contributed by atoms with Gasteiger partial charge in [-0.05, 0) is 50.1 Å². The maximum atomic E-state index is 12.9. The molecule has 0 aromatic heterocycles. The van der Waals surface area contributed by atoms with Crippen molar-refractivity contribution in [3.05, 3.63) is 53.1 Å². The van der Waals surface area contributed by atoms with Crippen LogP contribution in [0.3, 0.4) is 0 Å². The number of esters is 1. The quantitative estimate of drug-likeness (QED) is 0.586. The number of sulfonamides is 1. The normalized spacial score (nSPS) is 15.6. The summed E-state index contributed by atoms with van der Waals surface area (Å²) in [6, 6.07) is 10.9. The van der Waals surface area contributed by atoms with E-state index >= 15 is 0 Å². The van der Waals surface area contributed by atoms with Gasteiger partial charge < -0.3 is 15.4 Å². The van der Waals surface area contributed by atoms with E-state index in [4.69, 9.17) is 16.3 Å². The minimum atomic E-state index is -3.69. The summed E-state index contributed by atoms with van der Waals surface area (Å²) >= 11 is 6.18. The Hall–Kier alpha value is -2.62. The molecule has 172 valence electrons. The molecule has 32 heavy (non-hydrogen) atoms. The smallest absolute Gasteiger partial charge is 0.341 e. The van der Waals surface area contributed by atoms with Crippen LogP contribution in [0.5, 0.6) is 0 Å². The van der Waals surface area contributed by atoms with Crippen LogP contribution in [-0.4, -0.2) is 50.8 Å². The number of carbonyl (C=O) groups excluding carboxylic acids is 2. The summed E-state index contributed by atoms with van der Waals surface area (Å²) in [6.07, 6.45) is 1.50. The van der Waals surface area contributed by atoms with Gasteiger partial charge in [0.2, 0.25) is 10.0 Å². The lowest BCUT2D eigenvalue weighted by molar-refractivity contribution is -0.123. The van der Waals surface area contributed by atoms with Crippen LogP contribution < -0.4 is 10.6 Å². The number of hydrogen-bond donors (Lipinski definition) is 2. The van der Waals surface area contributed by atoms with E-state index in [1.807, 2.05) is 0 Å². The van der Waals surface area contributed by atoms with Crippen LogP contribution in [0.15, 0.2) is 47.4 Å². The number of anilines is 2. The monoisotopic (exact) mass is 479 g/mol. The molecule has 10 heteroatoms. The van der Waals surface area contributed by atoms with Gasteiger partial charge in [-0.15, -0.1) is 0 Å². The molecule has 1 aliphatic heterocycles. The molecule has 0 bridgehead atoms. The summed E-state index contributed by atoms with van der Waals surface area (Å²) < 4.78 is 32.6. The number of para-hydroxylation sites is 1. The molecular formula is C22H26ClN3O5S. The molecule has 0 unspecified atom stereocenters. The summed E-state index contributed by atoms with van der Waals surface area (Å²) in [4.78, 5) is 25.1. The molecule has 1 saturated heterocycles. The lowest BCUT2D eigenvalue weighted by atomic mass is 10.2. The van der Waals surface area contributed by atoms with E-state index in [2.05, 4.69) is 10.6 Å². The maximum absolute atomic E-state index is 12.9. The van der Waals surface area contributed by atoms with Gasteiger partial charge in [-0.3, -0.25) is 4.79 Å². The van der Waals surface area contributed by atoms with E-state index in [9.17, 15) is 18.0 Å². The van der Waals surface area contributed by atoms with E-state index in [0.29, 0.717) is 24.3 Å². The average molecular weight is 480 g/mol. The van der Waals surface area contributed by atoms with Crippen LogP contribution in [0, 0.1) is 0 Å². The number of rotatable bonds is 7. The second-order valence-electron chi connectivity index (χ2n) is 7.44. The largest absolute Gasteiger partial charge is 0.449 e. The Bertz CT molecular complexity index is 1100. The summed E-state index contributed by atoms with van der Waals surface area (Å²) in [5, 5.41) is 5.63. The third kappa shape index (κ3) is 5.40. The second-order valence-corrected chi connectivity index (χ2v) is 9.78. The van der Waals surface area contributed by atoms with Gasteiger partial charge in [-0.25, -0.2) is 13.2 Å². The number of carbonyl (C=O) groups is 2. The SMILES string of the molecule is CNc1ccccc1C(=O)O[C@H](C)C(=O)Nc1cc(S(=O)(=O)N2CCCCC2)ccc1Cl. The maximum Gasteiger partial charge on any atom is 0.341 e. The first-order valence-electron chi connectivity index (χ1n) is 10.3. The van der Waals surface area contributed by atoms with E-state index in [0.717, 1.165) is 19.3 Å². The third-order valence-corrected chi connectivity index (χ3v) is 7.44. The first kappa shape index (κ1) is 24.0. The Morgan fingerprint density at radius 3 is 2.44 bits per heavy atom. The van der Waals surface area contributed by atoms with Crippen molar-refractivity contribution in [1.82, 2.24) is 4.31 Å². The zero-order valence-electron chi connectivity index (χ0n) is 17.9. The molecule has 1 aliphatic rings. The minimum Gasteiger partial charge on any atom is -0.449 e. The van der Waals surface area contributed by atoms with Crippen LogP contribution in [-0.2, 0) is 19.6 Å². The molecule has 3 rings (SSSR count). The number of ether oxygens (including phenoxy) is 1. The summed E-state index contributed by atoms with van der Waals surface area (Å²) in [7, 11) is -2.01. The van der Waals surface area contributed by atoms with Crippen LogP contribution in [0.2, 0.25) is 5.02 Å². The Morgan fingerprint density at radius 1 is 1.06 bits per heavy atom. The molecule has 1 atom stereocenters. The van der Waals surface area contributed by atoms with Crippen LogP contribution in [0.25, 0.3) is 0 Å². The highest BCUT2D eigenvalue weighted by Crippen LogP contribution is 2.28. The molecule has 0 radical (unpaired) electrons. The molecule has 2 N–H and O–H groups in total. The molecular weight excluding hydrogens is 454 g/mol. The third-order valence-electron chi connectivity index (χ3n) is 5.22. The van der Waals surface area contributed by atoms with E-state index in [1.165, 1.54) is 29.4 Å². The molecule has 0 saturated carbocycles. The molecule has 8 nitrogen and oxygen atoms in total. The van der Waals surface area contributed by atoms with Crippen molar-refractivity contribution in [3.63, 3.8) is 0 Å². The van der Waals surface area contributed by atoms with Gasteiger partial charge >= 0.3 is 5.97 Å². The highest BCUT2D eigenvalue weighted by atomic mass is 35.5. The number of amides is 1. The van der Waals surface area contributed by atoms with Gasteiger partial charge in [0.15, 0.2) is 6.10 Å². The van der Waals surface area contributed by atoms with Gasteiger partial charge in [-0.2, -0.15) is 4.31 Å². The van der Waals surface area contributed by atoms with Crippen LogP contribution in [0.4, 0.5) is 11.4 Å². The molecule has 1 heterocycles. The zero-order chi connectivity index (χ0) is 23.3. The van der Waals surface area contributed by atoms with Crippen LogP contribution >= 0.6 is 11.6 Å². The standard InChI is InChI=1S/C22H26ClN3O5S/c1-15(31-22(28)17-8-4-5-9-19(17)24-2)21(27)25-20-14-16(10-11-18(20)23)32(29,30)26-12-6-3-7-13-26/h4-5,8-11,14-15,24H,3,6-7,12-13H2,1-2H3,(H,25,27)/t15-/m1/s1. The fraction of sp³-hybridized carbons (Fsp3) is 0.364. The van der Waals surface area contributed by atoms with Gasteiger partial charge in [0.05, 0.1) is 21.2 Å². The fourth-order valence-corrected chi connectivity index (χ4v) is 5.11. The number of nitrogens with one attached hydrogen (secondary N) is 2. The van der Waals surface area contributed by atoms with E-state index < -0.39 is 28.0 Å². The van der Waals surface area contributed by atoms with E-state index in [-0.39, 0.29) is 15.6 Å². The van der Waals surface area contributed by atoms with Crippen molar-refractivity contribution in [1.29, 1.82) is 0 Å². The number of halogens is 1.